The third-order valence-electron chi connectivity index (χ3n) is 4.37. The molecule has 1 amide bonds. The molecule has 9 heteroatoms. The van der Waals surface area contributed by atoms with E-state index in [0.29, 0.717) is 26.5 Å². The summed E-state index contributed by atoms with van der Waals surface area (Å²) in [6.45, 7) is 0. The van der Waals surface area contributed by atoms with E-state index in [9.17, 15) is 13.6 Å². The van der Waals surface area contributed by atoms with Gasteiger partial charge in [0, 0.05) is 27.6 Å². The topological polar surface area (TPSA) is 54.9 Å². The molecule has 166 valence electrons. The van der Waals surface area contributed by atoms with Crippen molar-refractivity contribution >= 4 is 46.7 Å². The lowest BCUT2D eigenvalue weighted by Gasteiger charge is -2.11. The van der Waals surface area contributed by atoms with Crippen LogP contribution >= 0.6 is 35.1 Å². The van der Waals surface area contributed by atoms with Gasteiger partial charge in [0.2, 0.25) is 0 Å². The molecule has 33 heavy (non-hydrogen) atoms. The van der Waals surface area contributed by atoms with Crippen molar-refractivity contribution in [3.8, 4) is 0 Å². The average molecular weight is 500 g/mol. The maximum Gasteiger partial charge on any atom is 0.275 e. The van der Waals surface area contributed by atoms with Crippen molar-refractivity contribution in [3.63, 3.8) is 0 Å². The summed E-state index contributed by atoms with van der Waals surface area (Å²) in [7, 11) is 0. The highest BCUT2D eigenvalue weighted by Gasteiger charge is 2.17. The van der Waals surface area contributed by atoms with Crippen molar-refractivity contribution in [2.75, 3.05) is 5.32 Å². The average Bonchev–Trinajstić information content (AvgIpc) is 2.82. The van der Waals surface area contributed by atoms with Crippen molar-refractivity contribution in [3.05, 3.63) is 107 Å². The number of hydrogen-bond acceptors (Lipinski definition) is 5. The Balaban J connectivity index is 1.58. The first-order chi connectivity index (χ1) is 16.0. The van der Waals surface area contributed by atoms with Crippen LogP contribution in [0.15, 0.2) is 93.9 Å². The second-order valence-electron chi connectivity index (χ2n) is 6.80. The van der Waals surface area contributed by atoms with Gasteiger partial charge in [-0.2, -0.15) is 0 Å². The minimum atomic E-state index is -0.441. The number of anilines is 1. The third kappa shape index (κ3) is 6.54. The van der Waals surface area contributed by atoms with E-state index in [4.69, 9.17) is 11.6 Å². The Hall–Kier alpha value is -2.94. The number of benzene rings is 3. The van der Waals surface area contributed by atoms with Gasteiger partial charge in [-0.05, 0) is 66.2 Å². The normalized spacial score (nSPS) is 10.8. The number of carbonyl (C=O) groups excluding carboxylic acids is 1. The minimum Gasteiger partial charge on any atom is -0.321 e. The lowest BCUT2D eigenvalue weighted by atomic mass is 10.2. The number of amides is 1. The number of hydrogen-bond donors (Lipinski definition) is 1. The number of rotatable bonds is 7. The number of halogens is 3. The van der Waals surface area contributed by atoms with Crippen molar-refractivity contribution in [1.29, 1.82) is 0 Å². The Kier molecular flexibility index (Phi) is 7.59. The highest BCUT2D eigenvalue weighted by molar-refractivity contribution is 7.99. The second kappa shape index (κ2) is 10.8. The maximum atomic E-state index is 13.2. The van der Waals surface area contributed by atoms with Crippen molar-refractivity contribution < 1.29 is 13.6 Å². The Morgan fingerprint density at radius 2 is 1.55 bits per heavy atom. The quantitative estimate of drug-likeness (QED) is 0.217. The largest absolute Gasteiger partial charge is 0.321 e. The number of aromatic nitrogens is 2. The molecule has 0 saturated heterocycles. The lowest BCUT2D eigenvalue weighted by Crippen LogP contribution is -2.16. The molecule has 1 N–H and O–H groups in total. The SMILES string of the molecule is O=C(Nc1ccc(F)cc1)c1nc(SCc2ccc(F)cc2)ncc1Sc1ccc(Cl)cc1. The van der Waals surface area contributed by atoms with Gasteiger partial charge in [0.15, 0.2) is 5.16 Å². The molecule has 1 aromatic heterocycles. The first-order valence-electron chi connectivity index (χ1n) is 9.71. The predicted octanol–water partition coefficient (Wildman–Crippen LogP) is 7.10. The van der Waals surface area contributed by atoms with Gasteiger partial charge >= 0.3 is 0 Å². The molecule has 0 saturated carbocycles. The van der Waals surface area contributed by atoms with Crippen LogP contribution in [-0.2, 0) is 5.75 Å². The van der Waals surface area contributed by atoms with E-state index in [2.05, 4.69) is 15.3 Å². The fourth-order valence-electron chi connectivity index (χ4n) is 2.74. The Morgan fingerprint density at radius 3 is 2.21 bits per heavy atom. The molecule has 0 bridgehead atoms. The first kappa shape index (κ1) is 23.2. The maximum absolute atomic E-state index is 13.2. The summed E-state index contributed by atoms with van der Waals surface area (Å²) in [5, 5.41) is 3.76. The number of thioether (sulfide) groups is 1. The van der Waals surface area contributed by atoms with E-state index in [0.717, 1.165) is 10.5 Å². The van der Waals surface area contributed by atoms with Crippen LogP contribution in [0.3, 0.4) is 0 Å². The zero-order valence-corrected chi connectivity index (χ0v) is 19.4. The van der Waals surface area contributed by atoms with E-state index in [1.165, 1.54) is 59.9 Å². The van der Waals surface area contributed by atoms with Gasteiger partial charge in [0.05, 0.1) is 4.90 Å². The number of carbonyl (C=O) groups is 1. The second-order valence-corrected chi connectivity index (χ2v) is 9.29. The summed E-state index contributed by atoms with van der Waals surface area (Å²) in [4.78, 5) is 23.3. The highest BCUT2D eigenvalue weighted by Crippen LogP contribution is 2.32. The zero-order chi connectivity index (χ0) is 23.2. The minimum absolute atomic E-state index is 0.191. The molecule has 1 heterocycles. The van der Waals surface area contributed by atoms with Crippen LogP contribution in [0.4, 0.5) is 14.5 Å². The van der Waals surface area contributed by atoms with Gasteiger partial charge in [-0.15, -0.1) is 0 Å². The fourth-order valence-corrected chi connectivity index (χ4v) is 4.51. The van der Waals surface area contributed by atoms with Crippen LogP contribution in [0, 0.1) is 11.6 Å². The monoisotopic (exact) mass is 499 g/mol. The first-order valence-corrected chi connectivity index (χ1v) is 11.9. The van der Waals surface area contributed by atoms with Crippen LogP contribution in [0.25, 0.3) is 0 Å². The van der Waals surface area contributed by atoms with Gasteiger partial charge in [0.1, 0.15) is 17.3 Å². The van der Waals surface area contributed by atoms with Crippen LogP contribution in [-0.4, -0.2) is 15.9 Å². The Labute approximate surface area is 202 Å². The molecule has 0 spiro atoms. The van der Waals surface area contributed by atoms with Crippen LogP contribution < -0.4 is 5.32 Å². The standard InChI is InChI=1S/C24H16ClF2N3OS2/c25-16-3-11-20(12-4-16)33-21-13-28-24(32-14-15-1-5-17(26)6-2-15)30-22(21)23(31)29-19-9-7-18(27)8-10-19/h1-13H,14H2,(H,29,31). The van der Waals surface area contributed by atoms with Gasteiger partial charge in [0.25, 0.3) is 5.91 Å². The highest BCUT2D eigenvalue weighted by atomic mass is 35.5. The van der Waals surface area contributed by atoms with E-state index in [1.807, 2.05) is 12.1 Å². The molecule has 0 atom stereocenters. The lowest BCUT2D eigenvalue weighted by molar-refractivity contribution is 0.101. The molecule has 0 fully saturated rings. The number of nitrogens with zero attached hydrogens (tertiary/aromatic N) is 2. The third-order valence-corrected chi connectivity index (χ3v) is 6.58. The van der Waals surface area contributed by atoms with Crippen LogP contribution in [0.1, 0.15) is 16.1 Å². The molecule has 0 unspecified atom stereocenters. The molecular weight excluding hydrogens is 484 g/mol. The van der Waals surface area contributed by atoms with Crippen molar-refractivity contribution in [2.24, 2.45) is 0 Å². The molecule has 3 aromatic carbocycles. The number of nitrogens with one attached hydrogen (secondary N) is 1. The Morgan fingerprint density at radius 1 is 0.909 bits per heavy atom. The summed E-state index contributed by atoms with van der Waals surface area (Å²) >= 11 is 8.63. The van der Waals surface area contributed by atoms with Gasteiger partial charge in [-0.1, -0.05) is 47.3 Å². The van der Waals surface area contributed by atoms with E-state index >= 15 is 0 Å². The summed E-state index contributed by atoms with van der Waals surface area (Å²) in [6.07, 6.45) is 1.60. The summed E-state index contributed by atoms with van der Waals surface area (Å²) < 4.78 is 26.3. The molecular formula is C24H16ClF2N3OS2. The van der Waals surface area contributed by atoms with Crippen molar-refractivity contribution in [2.45, 2.75) is 20.7 Å². The molecule has 4 rings (SSSR count). The Bertz CT molecular complexity index is 1250. The summed E-state index contributed by atoms with van der Waals surface area (Å²) in [6, 6.07) is 18.9. The molecule has 4 nitrogen and oxygen atoms in total. The van der Waals surface area contributed by atoms with E-state index < -0.39 is 11.7 Å². The van der Waals surface area contributed by atoms with E-state index in [1.54, 1.807) is 30.5 Å². The summed E-state index contributed by atoms with van der Waals surface area (Å²) in [5.41, 5.74) is 1.54. The molecule has 0 aliphatic carbocycles. The predicted molar refractivity (Wildman–Crippen MR) is 128 cm³/mol. The molecule has 0 aliphatic heterocycles. The molecule has 0 aliphatic rings. The zero-order valence-electron chi connectivity index (χ0n) is 17.0. The van der Waals surface area contributed by atoms with Gasteiger partial charge in [-0.25, -0.2) is 18.7 Å². The fraction of sp³-hybridized carbons (Fsp3) is 0.0417. The van der Waals surface area contributed by atoms with Gasteiger partial charge < -0.3 is 5.32 Å². The van der Waals surface area contributed by atoms with E-state index in [-0.39, 0.29) is 11.5 Å². The molecule has 4 aromatic rings. The smallest absolute Gasteiger partial charge is 0.275 e. The van der Waals surface area contributed by atoms with Gasteiger partial charge in [-0.3, -0.25) is 4.79 Å². The van der Waals surface area contributed by atoms with Crippen LogP contribution in [0.5, 0.6) is 0 Å². The summed E-state index contributed by atoms with van der Waals surface area (Å²) in [5.74, 6) is -0.621. The molecule has 0 radical (unpaired) electrons. The van der Waals surface area contributed by atoms with Crippen LogP contribution in [0.2, 0.25) is 5.02 Å². The van der Waals surface area contributed by atoms with Crippen molar-refractivity contribution in [1.82, 2.24) is 9.97 Å².